The fraction of sp³-hybridized carbons (Fsp3) is 0.143. The van der Waals surface area contributed by atoms with E-state index in [4.69, 9.17) is 5.73 Å². The van der Waals surface area contributed by atoms with E-state index in [1.165, 1.54) is 0 Å². The van der Waals surface area contributed by atoms with Crippen LogP contribution < -0.4 is 5.73 Å². The van der Waals surface area contributed by atoms with Gasteiger partial charge in [0.1, 0.15) is 5.82 Å². The molecule has 4 nitrogen and oxygen atoms in total. The molecule has 0 saturated carbocycles. The van der Waals surface area contributed by atoms with E-state index in [2.05, 4.69) is 9.97 Å². The first-order chi connectivity index (χ1) is 8.68. The van der Waals surface area contributed by atoms with Gasteiger partial charge >= 0.3 is 0 Å². The third-order valence-electron chi connectivity index (χ3n) is 3.25. The lowest BCUT2D eigenvalue weighted by atomic mass is 10.1. The fourth-order valence-corrected chi connectivity index (χ4v) is 2.15. The molecule has 0 saturated heterocycles. The van der Waals surface area contributed by atoms with Gasteiger partial charge in [0, 0.05) is 24.5 Å². The number of hydrogen-bond donors (Lipinski definition) is 1. The molecule has 0 unspecified atom stereocenters. The summed E-state index contributed by atoms with van der Waals surface area (Å²) in [6, 6.07) is 7.91. The van der Waals surface area contributed by atoms with Crippen molar-refractivity contribution in [2.24, 2.45) is 7.05 Å². The highest BCUT2D eigenvalue weighted by Gasteiger charge is 2.12. The number of anilines is 1. The fourth-order valence-electron chi connectivity index (χ4n) is 2.15. The van der Waals surface area contributed by atoms with Crippen molar-refractivity contribution in [1.82, 2.24) is 14.5 Å². The van der Waals surface area contributed by atoms with Crippen LogP contribution in [0.3, 0.4) is 0 Å². The van der Waals surface area contributed by atoms with E-state index in [-0.39, 0.29) is 0 Å². The molecule has 0 bridgehead atoms. The summed E-state index contributed by atoms with van der Waals surface area (Å²) in [5.74, 6) is 0.874. The molecule has 0 amide bonds. The predicted molar refractivity (Wildman–Crippen MR) is 73.1 cm³/mol. The van der Waals surface area contributed by atoms with Crippen molar-refractivity contribution in [3.8, 4) is 11.4 Å². The van der Waals surface area contributed by atoms with E-state index in [0.717, 1.165) is 33.7 Å². The summed E-state index contributed by atoms with van der Waals surface area (Å²) in [4.78, 5) is 8.76. The van der Waals surface area contributed by atoms with Crippen LogP contribution in [0, 0.1) is 6.92 Å². The first kappa shape index (κ1) is 10.8. The average molecular weight is 238 g/mol. The molecule has 18 heavy (non-hydrogen) atoms. The van der Waals surface area contributed by atoms with Gasteiger partial charge in [0.05, 0.1) is 17.2 Å². The number of hydrogen-bond acceptors (Lipinski definition) is 3. The minimum Gasteiger partial charge on any atom is -0.398 e. The Bertz CT molecular complexity index is 728. The highest BCUT2D eigenvalue weighted by molar-refractivity contribution is 5.83. The van der Waals surface area contributed by atoms with Crippen molar-refractivity contribution in [3.63, 3.8) is 0 Å². The van der Waals surface area contributed by atoms with Crippen LogP contribution >= 0.6 is 0 Å². The second-order valence-corrected chi connectivity index (χ2v) is 4.39. The van der Waals surface area contributed by atoms with Crippen LogP contribution in [-0.4, -0.2) is 14.5 Å². The molecule has 0 aliphatic rings. The summed E-state index contributed by atoms with van der Waals surface area (Å²) in [5, 5.41) is 0. The molecule has 0 radical (unpaired) electrons. The van der Waals surface area contributed by atoms with Crippen molar-refractivity contribution in [1.29, 1.82) is 0 Å². The number of pyridine rings is 1. The minimum absolute atomic E-state index is 0.781. The third-order valence-corrected chi connectivity index (χ3v) is 3.25. The number of nitrogens with two attached hydrogens (primary N) is 1. The van der Waals surface area contributed by atoms with Gasteiger partial charge in [-0.15, -0.1) is 0 Å². The summed E-state index contributed by atoms with van der Waals surface area (Å²) >= 11 is 0. The van der Waals surface area contributed by atoms with Gasteiger partial charge in [-0.3, -0.25) is 4.98 Å². The SMILES string of the molecule is Cc1cccc(-c2nc3ccncc3n2C)c1N. The van der Waals surface area contributed by atoms with Crippen molar-refractivity contribution in [3.05, 3.63) is 42.2 Å². The zero-order valence-electron chi connectivity index (χ0n) is 10.4. The minimum atomic E-state index is 0.781. The Kier molecular flexibility index (Phi) is 2.30. The zero-order valence-corrected chi connectivity index (χ0v) is 10.4. The van der Waals surface area contributed by atoms with Crippen LogP contribution in [0.2, 0.25) is 0 Å². The molecular formula is C14H14N4. The maximum Gasteiger partial charge on any atom is 0.143 e. The van der Waals surface area contributed by atoms with Gasteiger partial charge in [0.25, 0.3) is 0 Å². The van der Waals surface area contributed by atoms with Crippen LogP contribution in [0.1, 0.15) is 5.56 Å². The lowest BCUT2D eigenvalue weighted by Gasteiger charge is -2.08. The molecular weight excluding hydrogens is 224 g/mol. The highest BCUT2D eigenvalue weighted by Crippen LogP contribution is 2.29. The Morgan fingerprint density at radius 1 is 1.22 bits per heavy atom. The molecule has 0 aliphatic carbocycles. The molecule has 4 heteroatoms. The molecule has 0 spiro atoms. The van der Waals surface area contributed by atoms with E-state index >= 15 is 0 Å². The van der Waals surface area contributed by atoms with Gasteiger partial charge in [0.15, 0.2) is 0 Å². The van der Waals surface area contributed by atoms with Crippen LogP contribution in [0.5, 0.6) is 0 Å². The van der Waals surface area contributed by atoms with E-state index in [1.807, 2.05) is 49.0 Å². The van der Waals surface area contributed by atoms with E-state index in [1.54, 1.807) is 6.20 Å². The van der Waals surface area contributed by atoms with Crippen LogP contribution in [0.25, 0.3) is 22.4 Å². The Balaban J connectivity index is 2.32. The molecule has 2 N–H and O–H groups in total. The molecule has 2 aromatic heterocycles. The van der Waals surface area contributed by atoms with Gasteiger partial charge < -0.3 is 10.3 Å². The molecule has 3 rings (SSSR count). The summed E-state index contributed by atoms with van der Waals surface area (Å²) in [6.45, 7) is 2.00. The first-order valence-corrected chi connectivity index (χ1v) is 5.80. The number of nitrogens with zero attached hydrogens (tertiary/aromatic N) is 3. The first-order valence-electron chi connectivity index (χ1n) is 5.80. The van der Waals surface area contributed by atoms with Gasteiger partial charge in [-0.25, -0.2) is 4.98 Å². The normalized spacial score (nSPS) is 11.0. The molecule has 0 aliphatic heterocycles. The van der Waals surface area contributed by atoms with E-state index in [9.17, 15) is 0 Å². The van der Waals surface area contributed by atoms with Gasteiger partial charge in [-0.1, -0.05) is 12.1 Å². The maximum absolute atomic E-state index is 6.14. The lowest BCUT2D eigenvalue weighted by molar-refractivity contribution is 0.956. The maximum atomic E-state index is 6.14. The van der Waals surface area contributed by atoms with Gasteiger partial charge in [-0.05, 0) is 24.6 Å². The predicted octanol–water partition coefficient (Wildman–Crippen LogP) is 2.53. The quantitative estimate of drug-likeness (QED) is 0.663. The van der Waals surface area contributed by atoms with Crippen molar-refractivity contribution in [2.75, 3.05) is 5.73 Å². The van der Waals surface area contributed by atoms with Crippen LogP contribution in [0.4, 0.5) is 5.69 Å². The van der Waals surface area contributed by atoms with Crippen molar-refractivity contribution >= 4 is 16.7 Å². The van der Waals surface area contributed by atoms with Crippen molar-refractivity contribution in [2.45, 2.75) is 6.92 Å². The molecule has 0 fully saturated rings. The number of rotatable bonds is 1. The van der Waals surface area contributed by atoms with E-state index in [0.29, 0.717) is 0 Å². The molecule has 3 aromatic rings. The monoisotopic (exact) mass is 238 g/mol. The number of benzene rings is 1. The smallest absolute Gasteiger partial charge is 0.143 e. The standard InChI is InChI=1S/C14H14N4/c1-9-4-3-5-10(13(9)15)14-17-11-6-7-16-8-12(11)18(14)2/h3-8H,15H2,1-2H3. The number of fused-ring (bicyclic) bond motifs is 1. The number of nitrogen functional groups attached to an aromatic ring is 1. The van der Waals surface area contributed by atoms with Crippen LogP contribution in [0.15, 0.2) is 36.7 Å². The Morgan fingerprint density at radius 3 is 2.83 bits per heavy atom. The van der Waals surface area contributed by atoms with Gasteiger partial charge in [-0.2, -0.15) is 0 Å². The lowest BCUT2D eigenvalue weighted by Crippen LogP contribution is -1.98. The molecule has 2 heterocycles. The highest BCUT2D eigenvalue weighted by atomic mass is 15.1. The Labute approximate surface area is 105 Å². The largest absolute Gasteiger partial charge is 0.398 e. The summed E-state index contributed by atoms with van der Waals surface area (Å²) < 4.78 is 2.02. The summed E-state index contributed by atoms with van der Waals surface area (Å²) in [5.41, 5.74) is 10.9. The average Bonchev–Trinajstić information content (AvgIpc) is 2.71. The van der Waals surface area contributed by atoms with E-state index < -0.39 is 0 Å². The van der Waals surface area contributed by atoms with Crippen molar-refractivity contribution < 1.29 is 0 Å². The molecule has 90 valence electrons. The Hall–Kier alpha value is -2.36. The number of aromatic nitrogens is 3. The number of para-hydroxylation sites is 1. The third kappa shape index (κ3) is 1.46. The number of aryl methyl sites for hydroxylation is 2. The second kappa shape index (κ2) is 3.84. The summed E-state index contributed by atoms with van der Waals surface area (Å²) in [7, 11) is 1.98. The van der Waals surface area contributed by atoms with Gasteiger partial charge in [0.2, 0.25) is 0 Å². The Morgan fingerprint density at radius 2 is 2.06 bits per heavy atom. The van der Waals surface area contributed by atoms with Crippen LogP contribution in [-0.2, 0) is 7.05 Å². The number of imidazole rings is 1. The second-order valence-electron chi connectivity index (χ2n) is 4.39. The summed E-state index contributed by atoms with van der Waals surface area (Å²) in [6.07, 6.45) is 3.57. The molecule has 0 atom stereocenters. The molecule has 1 aromatic carbocycles. The zero-order chi connectivity index (χ0) is 12.7. The topological polar surface area (TPSA) is 56.7 Å².